The molecule has 3 aromatic rings. The Balaban J connectivity index is 2.34. The number of thiocarbonyl (C=S) groups is 1. The lowest BCUT2D eigenvalue weighted by Crippen LogP contribution is -2.12. The van der Waals surface area contributed by atoms with Crippen molar-refractivity contribution in [2.75, 3.05) is 0 Å². The summed E-state index contributed by atoms with van der Waals surface area (Å²) < 4.78 is 1.76. The minimum absolute atomic E-state index is 0.318. The smallest absolute Gasteiger partial charge is 0.166 e. The van der Waals surface area contributed by atoms with Crippen LogP contribution in [0.15, 0.2) is 36.7 Å². The van der Waals surface area contributed by atoms with Crippen LogP contribution >= 0.6 is 12.2 Å². The van der Waals surface area contributed by atoms with Crippen molar-refractivity contribution in [1.82, 2.24) is 19.6 Å². The third-order valence-corrected chi connectivity index (χ3v) is 3.05. The lowest BCUT2D eigenvalue weighted by molar-refractivity contribution is 0.937. The van der Waals surface area contributed by atoms with E-state index in [-0.39, 0.29) is 0 Å². The van der Waals surface area contributed by atoms with Gasteiger partial charge >= 0.3 is 0 Å². The van der Waals surface area contributed by atoms with Crippen LogP contribution in [0.2, 0.25) is 0 Å². The van der Waals surface area contributed by atoms with Crippen molar-refractivity contribution in [3.05, 3.63) is 48.0 Å². The van der Waals surface area contributed by atoms with E-state index >= 15 is 0 Å². The Morgan fingerprint density at radius 3 is 2.63 bits per heavy atom. The van der Waals surface area contributed by atoms with Gasteiger partial charge in [0, 0.05) is 18.0 Å². The number of hydrogen-bond donors (Lipinski definition) is 1. The summed E-state index contributed by atoms with van der Waals surface area (Å²) in [6.45, 7) is 1.84. The fourth-order valence-corrected chi connectivity index (χ4v) is 2.16. The van der Waals surface area contributed by atoms with Gasteiger partial charge < -0.3 is 5.73 Å². The first kappa shape index (κ1) is 11.7. The predicted octanol–water partition coefficient (Wildman–Crippen LogP) is 1.73. The summed E-state index contributed by atoms with van der Waals surface area (Å²) in [5, 5.41) is 4.40. The maximum Gasteiger partial charge on any atom is 0.166 e. The summed E-state index contributed by atoms with van der Waals surface area (Å²) in [6.07, 6.45) is 3.48. The second-order valence-electron chi connectivity index (χ2n) is 4.13. The molecule has 0 bridgehead atoms. The van der Waals surface area contributed by atoms with E-state index in [4.69, 9.17) is 18.0 Å². The molecule has 0 saturated carbocycles. The molecule has 3 heterocycles. The Kier molecular flexibility index (Phi) is 2.72. The normalized spacial score (nSPS) is 10.8. The van der Waals surface area contributed by atoms with Crippen molar-refractivity contribution in [2.24, 2.45) is 5.73 Å². The van der Waals surface area contributed by atoms with Crippen molar-refractivity contribution in [3.8, 4) is 11.3 Å². The molecule has 0 aromatic carbocycles. The van der Waals surface area contributed by atoms with Gasteiger partial charge in [-0.2, -0.15) is 5.10 Å². The van der Waals surface area contributed by atoms with Gasteiger partial charge in [-0.3, -0.25) is 4.98 Å². The number of hydrogen-bond acceptors (Lipinski definition) is 4. The quantitative estimate of drug-likeness (QED) is 0.718. The fourth-order valence-electron chi connectivity index (χ4n) is 2.00. The number of fused-ring (bicyclic) bond motifs is 1. The maximum absolute atomic E-state index is 5.72. The molecule has 6 heteroatoms. The number of nitrogens with zero attached hydrogens (tertiary/aromatic N) is 4. The van der Waals surface area contributed by atoms with E-state index in [1.807, 2.05) is 31.2 Å². The largest absolute Gasteiger partial charge is 0.389 e. The zero-order valence-electron chi connectivity index (χ0n) is 10.2. The van der Waals surface area contributed by atoms with Gasteiger partial charge in [0.1, 0.15) is 10.8 Å². The third-order valence-electron chi connectivity index (χ3n) is 2.83. The predicted molar refractivity (Wildman–Crippen MR) is 76.8 cm³/mol. The van der Waals surface area contributed by atoms with Gasteiger partial charge in [-0.15, -0.1) is 0 Å². The standard InChI is InChI=1S/C13H11N5S/c1-8-16-13-10(12(14)19)2-3-11(18(13)17-8)9-4-6-15-7-5-9/h2-7H,1H3,(H2,14,19). The number of aryl methyl sites for hydroxylation is 1. The Morgan fingerprint density at radius 2 is 1.95 bits per heavy atom. The van der Waals surface area contributed by atoms with Crippen LogP contribution in [0.1, 0.15) is 11.4 Å². The summed E-state index contributed by atoms with van der Waals surface area (Å²) in [6, 6.07) is 7.66. The topological polar surface area (TPSA) is 69.1 Å². The third kappa shape index (κ3) is 1.96. The summed E-state index contributed by atoms with van der Waals surface area (Å²) >= 11 is 5.05. The molecule has 0 aliphatic carbocycles. The molecule has 0 fully saturated rings. The molecule has 0 aliphatic rings. The molecule has 2 N–H and O–H groups in total. The van der Waals surface area contributed by atoms with Gasteiger partial charge in [0.25, 0.3) is 0 Å². The van der Waals surface area contributed by atoms with E-state index in [0.29, 0.717) is 16.5 Å². The van der Waals surface area contributed by atoms with Crippen LogP contribution in [0, 0.1) is 6.92 Å². The van der Waals surface area contributed by atoms with Crippen molar-refractivity contribution in [3.63, 3.8) is 0 Å². The van der Waals surface area contributed by atoms with Crippen LogP contribution < -0.4 is 5.73 Å². The zero-order valence-corrected chi connectivity index (χ0v) is 11.1. The Morgan fingerprint density at radius 1 is 1.21 bits per heavy atom. The van der Waals surface area contributed by atoms with Gasteiger partial charge in [0.2, 0.25) is 0 Å². The minimum atomic E-state index is 0.318. The minimum Gasteiger partial charge on any atom is -0.389 e. The highest BCUT2D eigenvalue weighted by Gasteiger charge is 2.12. The average Bonchev–Trinajstić information content (AvgIpc) is 2.79. The van der Waals surface area contributed by atoms with Crippen molar-refractivity contribution < 1.29 is 0 Å². The lowest BCUT2D eigenvalue weighted by Gasteiger charge is -2.06. The summed E-state index contributed by atoms with van der Waals surface area (Å²) in [5.74, 6) is 0.680. The SMILES string of the molecule is Cc1nc2c(C(N)=S)ccc(-c3ccncc3)n2n1. The van der Waals surface area contributed by atoms with Crippen LogP contribution in [0.3, 0.4) is 0 Å². The lowest BCUT2D eigenvalue weighted by atomic mass is 10.1. The first-order valence-corrected chi connectivity index (χ1v) is 6.14. The average molecular weight is 269 g/mol. The first-order valence-electron chi connectivity index (χ1n) is 5.73. The van der Waals surface area contributed by atoms with Crippen molar-refractivity contribution >= 4 is 22.9 Å². The molecule has 0 amide bonds. The van der Waals surface area contributed by atoms with Crippen LogP contribution in [0.25, 0.3) is 16.9 Å². The number of pyridine rings is 2. The number of nitrogens with two attached hydrogens (primary N) is 1. The van der Waals surface area contributed by atoms with Gasteiger partial charge in [-0.25, -0.2) is 9.50 Å². The molecule has 0 aliphatic heterocycles. The van der Waals surface area contributed by atoms with Gasteiger partial charge in [0.15, 0.2) is 5.65 Å². The van der Waals surface area contributed by atoms with E-state index in [9.17, 15) is 0 Å². The van der Waals surface area contributed by atoms with Crippen LogP contribution in [0.4, 0.5) is 0 Å². The monoisotopic (exact) mass is 269 g/mol. The van der Waals surface area contributed by atoms with Gasteiger partial charge in [-0.05, 0) is 31.2 Å². The van der Waals surface area contributed by atoms with Gasteiger partial charge in [-0.1, -0.05) is 12.2 Å². The Bertz CT molecular complexity index is 763. The summed E-state index contributed by atoms with van der Waals surface area (Å²) in [5.41, 5.74) is 9.07. The molecular weight excluding hydrogens is 258 g/mol. The first-order chi connectivity index (χ1) is 9.16. The highest BCUT2D eigenvalue weighted by atomic mass is 32.1. The fraction of sp³-hybridized carbons (Fsp3) is 0.0769. The Labute approximate surface area is 115 Å². The molecule has 94 valence electrons. The second kappa shape index (κ2) is 4.40. The van der Waals surface area contributed by atoms with Crippen molar-refractivity contribution in [1.29, 1.82) is 0 Å². The maximum atomic E-state index is 5.72. The molecule has 19 heavy (non-hydrogen) atoms. The van der Waals surface area contributed by atoms with Crippen molar-refractivity contribution in [2.45, 2.75) is 6.92 Å². The molecule has 3 aromatic heterocycles. The zero-order chi connectivity index (χ0) is 13.4. The van der Waals surface area contributed by atoms with Crippen LogP contribution in [0.5, 0.6) is 0 Å². The Hall–Kier alpha value is -2.34. The van der Waals surface area contributed by atoms with E-state index in [1.54, 1.807) is 16.9 Å². The number of rotatable bonds is 2. The van der Waals surface area contributed by atoms with Gasteiger partial charge in [0.05, 0.1) is 11.3 Å². The second-order valence-corrected chi connectivity index (χ2v) is 4.57. The molecule has 3 rings (SSSR count). The van der Waals surface area contributed by atoms with Crippen LogP contribution in [-0.2, 0) is 0 Å². The molecule has 0 atom stereocenters. The van der Waals surface area contributed by atoms with Crippen LogP contribution in [-0.4, -0.2) is 24.6 Å². The van der Waals surface area contributed by atoms with E-state index in [1.165, 1.54) is 0 Å². The molecule has 0 saturated heterocycles. The summed E-state index contributed by atoms with van der Waals surface area (Å²) in [7, 11) is 0. The molecule has 0 spiro atoms. The highest BCUT2D eigenvalue weighted by Crippen LogP contribution is 2.21. The van der Waals surface area contributed by atoms with E-state index in [0.717, 1.165) is 16.8 Å². The van der Waals surface area contributed by atoms with E-state index < -0.39 is 0 Å². The molecular formula is C13H11N5S. The number of aromatic nitrogens is 4. The van der Waals surface area contributed by atoms with E-state index in [2.05, 4.69) is 15.1 Å². The molecule has 0 radical (unpaired) electrons. The molecule has 0 unspecified atom stereocenters. The molecule has 5 nitrogen and oxygen atoms in total. The highest BCUT2D eigenvalue weighted by molar-refractivity contribution is 7.80. The summed E-state index contributed by atoms with van der Waals surface area (Å²) in [4.78, 5) is 8.72.